The second kappa shape index (κ2) is 7.19. The van der Waals surface area contributed by atoms with Crippen LogP contribution in [0.1, 0.15) is 41.4 Å². The maximum absolute atomic E-state index is 13.0. The van der Waals surface area contributed by atoms with Crippen LogP contribution in [0.2, 0.25) is 0 Å². The minimum absolute atomic E-state index is 0.0668. The number of hydrogen-bond donors (Lipinski definition) is 1. The third-order valence-electron chi connectivity index (χ3n) is 4.53. The number of aliphatic hydroxyl groups excluding tert-OH is 1. The molecule has 5 heteroatoms. The largest absolute Gasteiger partial charge is 0.488 e. The van der Waals surface area contributed by atoms with Crippen LogP contribution in [0.15, 0.2) is 48.5 Å². The Labute approximate surface area is 153 Å². The Morgan fingerprint density at radius 2 is 1.92 bits per heavy atom. The highest BCUT2D eigenvalue weighted by Gasteiger charge is 2.41. The Bertz CT molecular complexity index is 840. The summed E-state index contributed by atoms with van der Waals surface area (Å²) in [5.41, 5.74) is 1.63. The number of benzene rings is 2. The van der Waals surface area contributed by atoms with Gasteiger partial charge < -0.3 is 14.7 Å². The number of hydrogen-bond acceptors (Lipinski definition) is 4. The van der Waals surface area contributed by atoms with Crippen LogP contribution in [0.25, 0.3) is 0 Å². The van der Waals surface area contributed by atoms with E-state index in [1.54, 1.807) is 18.2 Å². The van der Waals surface area contributed by atoms with E-state index in [4.69, 9.17) is 4.74 Å². The van der Waals surface area contributed by atoms with Gasteiger partial charge in [0.15, 0.2) is 0 Å². The molecule has 1 N–H and O–H groups in total. The average molecular weight is 350 g/mol. The number of ether oxygens (including phenoxy) is 1. The number of nitriles is 1. The molecule has 1 aliphatic heterocycles. The summed E-state index contributed by atoms with van der Waals surface area (Å²) in [5.74, 6) is 0.262. The molecule has 1 heterocycles. The van der Waals surface area contributed by atoms with Gasteiger partial charge in [0, 0.05) is 24.1 Å². The second-order valence-electron chi connectivity index (χ2n) is 7.28. The molecule has 1 unspecified atom stereocenters. The van der Waals surface area contributed by atoms with Gasteiger partial charge in [-0.1, -0.05) is 56.3 Å². The molecule has 2 aromatic carbocycles. The fourth-order valence-corrected chi connectivity index (χ4v) is 3.10. The molecule has 3 rings (SSSR count). The third-order valence-corrected chi connectivity index (χ3v) is 4.53. The summed E-state index contributed by atoms with van der Waals surface area (Å²) < 4.78 is 5.90. The van der Waals surface area contributed by atoms with E-state index in [0.717, 1.165) is 5.56 Å². The normalized spacial score (nSPS) is 16.3. The van der Waals surface area contributed by atoms with Crippen molar-refractivity contribution in [1.82, 2.24) is 4.90 Å². The lowest BCUT2D eigenvalue weighted by atomic mass is 9.93. The van der Waals surface area contributed by atoms with Gasteiger partial charge in [-0.3, -0.25) is 4.79 Å². The van der Waals surface area contributed by atoms with Crippen LogP contribution in [0, 0.1) is 16.7 Å². The van der Waals surface area contributed by atoms with Crippen molar-refractivity contribution in [3.8, 4) is 11.8 Å². The van der Waals surface area contributed by atoms with Gasteiger partial charge in [-0.2, -0.15) is 5.26 Å². The van der Waals surface area contributed by atoms with E-state index >= 15 is 0 Å². The van der Waals surface area contributed by atoms with E-state index in [9.17, 15) is 15.2 Å². The topological polar surface area (TPSA) is 73.6 Å². The van der Waals surface area contributed by atoms with E-state index < -0.39 is 11.5 Å². The van der Waals surface area contributed by atoms with E-state index in [2.05, 4.69) is 6.07 Å². The first kappa shape index (κ1) is 18.0. The molecule has 1 amide bonds. The van der Waals surface area contributed by atoms with Gasteiger partial charge >= 0.3 is 0 Å². The Hall–Kier alpha value is -2.84. The van der Waals surface area contributed by atoms with Crippen LogP contribution in [0.4, 0.5) is 0 Å². The Morgan fingerprint density at radius 1 is 1.19 bits per heavy atom. The van der Waals surface area contributed by atoms with Crippen LogP contribution in [-0.2, 0) is 6.61 Å². The number of carbonyl (C=O) groups excluding carboxylic acids is 1. The first-order chi connectivity index (χ1) is 12.5. The van der Waals surface area contributed by atoms with Crippen LogP contribution in [0.3, 0.4) is 0 Å². The molecule has 0 aliphatic carbocycles. The minimum Gasteiger partial charge on any atom is -0.488 e. The Morgan fingerprint density at radius 3 is 2.58 bits per heavy atom. The van der Waals surface area contributed by atoms with Gasteiger partial charge in [-0.25, -0.2) is 0 Å². The number of carbonyl (C=O) groups is 1. The molecular formula is C21H22N2O3. The van der Waals surface area contributed by atoms with Crippen LogP contribution in [0.5, 0.6) is 5.75 Å². The summed E-state index contributed by atoms with van der Waals surface area (Å²) in [6.07, 6.45) is 0. The number of rotatable bonds is 6. The van der Waals surface area contributed by atoms with Gasteiger partial charge in [0.25, 0.3) is 5.91 Å². The molecule has 134 valence electrons. The lowest BCUT2D eigenvalue weighted by Crippen LogP contribution is -2.38. The zero-order valence-electron chi connectivity index (χ0n) is 15.0. The lowest BCUT2D eigenvalue weighted by Gasteiger charge is -2.30. The predicted molar refractivity (Wildman–Crippen MR) is 97.5 cm³/mol. The molecule has 0 fully saturated rings. The van der Waals surface area contributed by atoms with E-state index in [0.29, 0.717) is 30.0 Å². The highest BCUT2D eigenvalue weighted by molar-refractivity contribution is 6.02. The molecule has 0 saturated heterocycles. The highest BCUT2D eigenvalue weighted by atomic mass is 16.5. The predicted octanol–water partition coefficient (Wildman–Crippen LogP) is 3.30. The molecule has 1 aliphatic rings. The summed E-state index contributed by atoms with van der Waals surface area (Å²) in [7, 11) is 0. The van der Waals surface area contributed by atoms with E-state index in [-0.39, 0.29) is 12.5 Å². The second-order valence-corrected chi connectivity index (χ2v) is 7.28. The van der Waals surface area contributed by atoms with Crippen molar-refractivity contribution < 1.29 is 14.6 Å². The molecule has 5 nitrogen and oxygen atoms in total. The van der Waals surface area contributed by atoms with Crippen LogP contribution >= 0.6 is 0 Å². The summed E-state index contributed by atoms with van der Waals surface area (Å²) in [6, 6.07) is 16.6. The summed E-state index contributed by atoms with van der Waals surface area (Å²) in [4.78, 5) is 14.5. The first-order valence-corrected chi connectivity index (χ1v) is 8.58. The average Bonchev–Trinajstić information content (AvgIpc) is 2.92. The number of fused-ring (bicyclic) bond motifs is 1. The van der Waals surface area contributed by atoms with Crippen molar-refractivity contribution in [1.29, 1.82) is 5.26 Å². The van der Waals surface area contributed by atoms with Crippen molar-refractivity contribution in [3.63, 3.8) is 0 Å². The van der Waals surface area contributed by atoms with Crippen molar-refractivity contribution in [2.75, 3.05) is 13.2 Å². The van der Waals surface area contributed by atoms with Gasteiger partial charge in [0.05, 0.1) is 11.6 Å². The Kier molecular flexibility index (Phi) is 4.97. The molecule has 2 aromatic rings. The zero-order valence-corrected chi connectivity index (χ0v) is 15.0. The molecule has 0 aromatic heterocycles. The molecule has 0 bridgehead atoms. The minimum atomic E-state index is -0.663. The standard InChI is InChI=1S/C21H22N2O3/c1-21(2,14-24)13-23-17(11-22)16-9-6-10-18(19(16)20(23)25)26-12-15-7-4-3-5-8-15/h3-10,17,24H,12-14H2,1-2H3. The summed E-state index contributed by atoms with van der Waals surface area (Å²) >= 11 is 0. The van der Waals surface area contributed by atoms with Crippen molar-refractivity contribution in [3.05, 3.63) is 65.2 Å². The summed E-state index contributed by atoms with van der Waals surface area (Å²) in [5, 5.41) is 19.2. The van der Waals surface area contributed by atoms with Crippen LogP contribution < -0.4 is 4.74 Å². The Balaban J connectivity index is 1.89. The number of amides is 1. The third kappa shape index (κ3) is 3.42. The van der Waals surface area contributed by atoms with E-state index in [1.165, 1.54) is 4.90 Å². The van der Waals surface area contributed by atoms with Crippen LogP contribution in [-0.4, -0.2) is 29.1 Å². The molecule has 1 atom stereocenters. The SMILES string of the molecule is CC(C)(CO)CN1C(=O)c2c(OCc3ccccc3)cccc2C1C#N. The fourth-order valence-electron chi connectivity index (χ4n) is 3.10. The number of nitrogens with zero attached hydrogens (tertiary/aromatic N) is 2. The summed E-state index contributed by atoms with van der Waals surface area (Å²) in [6.45, 7) is 4.31. The van der Waals surface area contributed by atoms with E-state index in [1.807, 2.05) is 44.2 Å². The van der Waals surface area contributed by atoms with Gasteiger partial charge in [-0.15, -0.1) is 0 Å². The first-order valence-electron chi connectivity index (χ1n) is 8.58. The van der Waals surface area contributed by atoms with Crippen molar-refractivity contribution >= 4 is 5.91 Å². The van der Waals surface area contributed by atoms with Crippen molar-refractivity contribution in [2.24, 2.45) is 5.41 Å². The highest BCUT2D eigenvalue weighted by Crippen LogP contribution is 2.40. The maximum Gasteiger partial charge on any atom is 0.259 e. The smallest absolute Gasteiger partial charge is 0.259 e. The fraction of sp³-hybridized carbons (Fsp3) is 0.333. The zero-order chi connectivity index (χ0) is 18.7. The quantitative estimate of drug-likeness (QED) is 0.867. The van der Waals surface area contributed by atoms with Gasteiger partial charge in [-0.05, 0) is 11.6 Å². The molecular weight excluding hydrogens is 328 g/mol. The molecule has 0 saturated carbocycles. The molecule has 0 spiro atoms. The van der Waals surface area contributed by atoms with Gasteiger partial charge in [0.2, 0.25) is 0 Å². The monoisotopic (exact) mass is 350 g/mol. The lowest BCUT2D eigenvalue weighted by molar-refractivity contribution is 0.0589. The molecule has 26 heavy (non-hydrogen) atoms. The van der Waals surface area contributed by atoms with Crippen molar-refractivity contribution in [2.45, 2.75) is 26.5 Å². The number of aliphatic hydroxyl groups is 1. The maximum atomic E-state index is 13.0. The van der Waals surface area contributed by atoms with Gasteiger partial charge in [0.1, 0.15) is 18.4 Å². The molecule has 0 radical (unpaired) electrons.